The molecule has 3 aromatic carbocycles. The SMILES string of the molecule is O=C1OC(c2cc(I)ccc2Cl)=N/C1=C\c1ccc(OCC(=O)c2ccccc2)cc1. The lowest BCUT2D eigenvalue weighted by Crippen LogP contribution is -2.11. The molecule has 0 saturated heterocycles. The first-order valence-electron chi connectivity index (χ1n) is 9.29. The van der Waals surface area contributed by atoms with Crippen molar-refractivity contribution in [3.8, 4) is 5.75 Å². The lowest BCUT2D eigenvalue weighted by atomic mass is 10.1. The number of rotatable bonds is 6. The van der Waals surface area contributed by atoms with Crippen LogP contribution < -0.4 is 4.74 Å². The molecule has 31 heavy (non-hydrogen) atoms. The van der Waals surface area contributed by atoms with Crippen LogP contribution in [-0.4, -0.2) is 24.3 Å². The third-order valence-corrected chi connectivity index (χ3v) is 5.43. The van der Waals surface area contributed by atoms with Crippen LogP contribution in [0.25, 0.3) is 6.08 Å². The molecule has 5 nitrogen and oxygen atoms in total. The molecule has 0 N–H and O–H groups in total. The average molecular weight is 544 g/mol. The van der Waals surface area contributed by atoms with Gasteiger partial charge in [0.25, 0.3) is 0 Å². The summed E-state index contributed by atoms with van der Waals surface area (Å²) < 4.78 is 11.8. The van der Waals surface area contributed by atoms with Gasteiger partial charge in [0.05, 0.1) is 10.6 Å². The second kappa shape index (κ2) is 9.45. The Morgan fingerprint density at radius 2 is 1.81 bits per heavy atom. The molecule has 0 amide bonds. The van der Waals surface area contributed by atoms with Crippen molar-refractivity contribution < 1.29 is 19.1 Å². The summed E-state index contributed by atoms with van der Waals surface area (Å²) in [6.45, 7) is -0.0545. The number of ketones is 1. The fourth-order valence-corrected chi connectivity index (χ4v) is 3.55. The predicted molar refractivity (Wildman–Crippen MR) is 127 cm³/mol. The Kier molecular flexibility index (Phi) is 6.48. The molecule has 1 aliphatic heterocycles. The van der Waals surface area contributed by atoms with Crippen molar-refractivity contribution in [3.05, 3.63) is 104 Å². The van der Waals surface area contributed by atoms with Gasteiger partial charge in [0.15, 0.2) is 18.1 Å². The Labute approximate surface area is 197 Å². The quantitative estimate of drug-likeness (QED) is 0.177. The van der Waals surface area contributed by atoms with Crippen molar-refractivity contribution >= 4 is 57.9 Å². The fraction of sp³-hybridized carbons (Fsp3) is 0.0417. The van der Waals surface area contributed by atoms with Crippen molar-refractivity contribution in [2.75, 3.05) is 6.61 Å². The Morgan fingerprint density at radius 3 is 2.55 bits per heavy atom. The van der Waals surface area contributed by atoms with Crippen LogP contribution in [0.2, 0.25) is 5.02 Å². The molecule has 0 fully saturated rings. The number of cyclic esters (lactones) is 1. The zero-order valence-corrected chi connectivity index (χ0v) is 19.0. The number of ether oxygens (including phenoxy) is 2. The van der Waals surface area contributed by atoms with Crippen LogP contribution in [0.5, 0.6) is 5.75 Å². The van der Waals surface area contributed by atoms with Gasteiger partial charge < -0.3 is 9.47 Å². The minimum Gasteiger partial charge on any atom is -0.485 e. The molecule has 3 aromatic rings. The topological polar surface area (TPSA) is 65.0 Å². The summed E-state index contributed by atoms with van der Waals surface area (Å²) in [6.07, 6.45) is 1.62. The lowest BCUT2D eigenvalue weighted by molar-refractivity contribution is -0.129. The third-order valence-electron chi connectivity index (χ3n) is 4.43. The predicted octanol–water partition coefficient (Wildman–Crippen LogP) is 5.55. The highest BCUT2D eigenvalue weighted by Crippen LogP contribution is 2.25. The largest absolute Gasteiger partial charge is 0.485 e. The van der Waals surface area contributed by atoms with E-state index in [1.807, 2.05) is 24.3 Å². The summed E-state index contributed by atoms with van der Waals surface area (Å²) in [5.74, 6) is 0.0877. The number of hydrogen-bond donors (Lipinski definition) is 0. The highest BCUT2D eigenvalue weighted by molar-refractivity contribution is 14.1. The van der Waals surface area contributed by atoms with Crippen LogP contribution in [0, 0.1) is 3.57 Å². The van der Waals surface area contributed by atoms with E-state index in [1.54, 1.807) is 54.6 Å². The minimum atomic E-state index is -0.543. The van der Waals surface area contributed by atoms with Gasteiger partial charge in [0.2, 0.25) is 5.90 Å². The van der Waals surface area contributed by atoms with Gasteiger partial charge in [-0.2, -0.15) is 0 Å². The van der Waals surface area contributed by atoms with E-state index in [-0.39, 0.29) is 24.0 Å². The number of Topliss-reactive ketones (excluding diaryl/α,β-unsaturated/α-hetero) is 1. The van der Waals surface area contributed by atoms with Crippen LogP contribution in [-0.2, 0) is 9.53 Å². The first-order valence-corrected chi connectivity index (χ1v) is 10.7. The Hall–Kier alpha value is -2.97. The maximum absolute atomic E-state index is 12.2. The van der Waals surface area contributed by atoms with Gasteiger partial charge in [0, 0.05) is 9.13 Å². The van der Waals surface area contributed by atoms with Gasteiger partial charge >= 0.3 is 5.97 Å². The zero-order chi connectivity index (χ0) is 21.8. The maximum Gasteiger partial charge on any atom is 0.363 e. The summed E-state index contributed by atoms with van der Waals surface area (Å²) in [4.78, 5) is 28.7. The second-order valence-corrected chi connectivity index (χ2v) is 8.26. The van der Waals surface area contributed by atoms with Crippen LogP contribution in [0.4, 0.5) is 0 Å². The molecule has 0 bridgehead atoms. The van der Waals surface area contributed by atoms with E-state index in [9.17, 15) is 9.59 Å². The fourth-order valence-electron chi connectivity index (χ4n) is 2.86. The summed E-state index contributed by atoms with van der Waals surface area (Å²) >= 11 is 8.36. The molecular weight excluding hydrogens is 529 g/mol. The van der Waals surface area contributed by atoms with Crippen molar-refractivity contribution in [1.29, 1.82) is 0 Å². The van der Waals surface area contributed by atoms with E-state index in [0.29, 0.717) is 21.9 Å². The summed E-state index contributed by atoms with van der Waals surface area (Å²) in [5, 5.41) is 0.458. The molecule has 0 spiro atoms. The minimum absolute atomic E-state index is 0.0545. The maximum atomic E-state index is 12.2. The smallest absolute Gasteiger partial charge is 0.363 e. The van der Waals surface area contributed by atoms with Crippen LogP contribution in [0.3, 0.4) is 0 Å². The number of halogens is 2. The molecule has 7 heteroatoms. The first kappa shape index (κ1) is 21.3. The normalized spacial score (nSPS) is 14.3. The molecule has 0 saturated carbocycles. The van der Waals surface area contributed by atoms with Gasteiger partial charge in [0.1, 0.15) is 5.75 Å². The van der Waals surface area contributed by atoms with Gasteiger partial charge in [-0.15, -0.1) is 0 Å². The molecule has 4 rings (SSSR count). The average Bonchev–Trinajstić information content (AvgIpc) is 3.15. The van der Waals surface area contributed by atoms with E-state index in [2.05, 4.69) is 27.6 Å². The number of nitrogens with zero attached hydrogens (tertiary/aromatic N) is 1. The summed E-state index contributed by atoms with van der Waals surface area (Å²) in [6, 6.07) is 21.4. The van der Waals surface area contributed by atoms with Crippen molar-refractivity contribution in [3.63, 3.8) is 0 Å². The van der Waals surface area contributed by atoms with E-state index < -0.39 is 5.97 Å². The first-order chi connectivity index (χ1) is 15.0. The van der Waals surface area contributed by atoms with Crippen LogP contribution in [0.1, 0.15) is 21.5 Å². The number of carbonyl (C=O) groups is 2. The molecular formula is C24H15ClINO4. The van der Waals surface area contributed by atoms with Crippen molar-refractivity contribution in [2.45, 2.75) is 0 Å². The molecule has 0 aliphatic carbocycles. The third kappa shape index (κ3) is 5.21. The zero-order valence-electron chi connectivity index (χ0n) is 16.0. The molecule has 0 radical (unpaired) electrons. The Balaban J connectivity index is 1.45. The number of benzene rings is 3. The van der Waals surface area contributed by atoms with Crippen molar-refractivity contribution in [2.24, 2.45) is 4.99 Å². The van der Waals surface area contributed by atoms with E-state index in [4.69, 9.17) is 21.1 Å². The lowest BCUT2D eigenvalue weighted by Gasteiger charge is -2.06. The Bertz CT molecular complexity index is 1200. The second-order valence-electron chi connectivity index (χ2n) is 6.61. The standard InChI is InChI=1S/C24H15ClINO4/c25-20-11-8-17(26)13-19(20)23-27-21(24(29)31-23)12-15-6-9-18(10-7-15)30-14-22(28)16-4-2-1-3-5-16/h1-13H,14H2/b21-12-. The van der Waals surface area contributed by atoms with E-state index in [0.717, 1.165) is 9.13 Å². The Morgan fingerprint density at radius 1 is 1.06 bits per heavy atom. The number of carbonyl (C=O) groups excluding carboxylic acids is 2. The summed E-state index contributed by atoms with van der Waals surface area (Å²) in [7, 11) is 0. The molecule has 0 aromatic heterocycles. The van der Waals surface area contributed by atoms with Crippen LogP contribution in [0.15, 0.2) is 83.5 Å². The summed E-state index contributed by atoms with van der Waals surface area (Å²) in [5.41, 5.74) is 2.09. The van der Waals surface area contributed by atoms with Crippen LogP contribution >= 0.6 is 34.2 Å². The highest BCUT2D eigenvalue weighted by atomic mass is 127. The molecule has 154 valence electrons. The highest BCUT2D eigenvalue weighted by Gasteiger charge is 2.25. The van der Waals surface area contributed by atoms with Crippen molar-refractivity contribution in [1.82, 2.24) is 0 Å². The molecule has 0 unspecified atom stereocenters. The number of esters is 1. The van der Waals surface area contributed by atoms with Gasteiger partial charge in [-0.3, -0.25) is 4.79 Å². The van der Waals surface area contributed by atoms with Gasteiger partial charge in [-0.1, -0.05) is 54.1 Å². The number of hydrogen-bond acceptors (Lipinski definition) is 5. The molecule has 1 heterocycles. The number of aliphatic imine (C=N–C) groups is 1. The van der Waals surface area contributed by atoms with Gasteiger partial charge in [-0.05, 0) is 64.6 Å². The molecule has 1 aliphatic rings. The van der Waals surface area contributed by atoms with E-state index in [1.165, 1.54) is 0 Å². The molecule has 0 atom stereocenters. The van der Waals surface area contributed by atoms with E-state index >= 15 is 0 Å². The van der Waals surface area contributed by atoms with Gasteiger partial charge in [-0.25, -0.2) is 9.79 Å². The monoisotopic (exact) mass is 543 g/mol.